The Morgan fingerprint density at radius 3 is 2.23 bits per heavy atom. The van der Waals surface area contributed by atoms with Crippen LogP contribution in [-0.2, 0) is 4.79 Å². The molecular weight excluding hydrogens is 442 g/mol. The van der Waals surface area contributed by atoms with Crippen molar-refractivity contribution in [2.75, 3.05) is 13.2 Å². The molecule has 1 heterocycles. The molecule has 0 amide bonds. The Bertz CT molecular complexity index is 1360. The molecule has 0 aliphatic heterocycles. The number of aromatic amines is 1. The summed E-state index contributed by atoms with van der Waals surface area (Å²) in [6.45, 7) is 6.26. The van der Waals surface area contributed by atoms with Crippen LogP contribution < -0.4 is 15.2 Å². The van der Waals surface area contributed by atoms with Gasteiger partial charge in [0.2, 0.25) is 0 Å². The quantitative estimate of drug-likeness (QED) is 0.282. The lowest BCUT2D eigenvalue weighted by Gasteiger charge is -2.12. The topological polar surface area (TPSA) is 110 Å². The first-order valence-corrected chi connectivity index (χ1v) is 11.6. The molecule has 0 aliphatic rings. The van der Waals surface area contributed by atoms with E-state index in [0.717, 1.165) is 16.5 Å². The van der Waals surface area contributed by atoms with E-state index in [0.29, 0.717) is 47.2 Å². The lowest BCUT2D eigenvalue weighted by molar-refractivity contribution is -0.118. The zero-order chi connectivity index (χ0) is 24.9. The Labute approximate surface area is 204 Å². The van der Waals surface area contributed by atoms with Crippen molar-refractivity contribution >= 4 is 28.1 Å². The smallest absolute Gasteiger partial charge is 0.199 e. The Kier molecular flexibility index (Phi) is 7.17. The van der Waals surface area contributed by atoms with Crippen LogP contribution in [0.15, 0.2) is 71.7 Å². The molecule has 180 valence electrons. The highest BCUT2D eigenvalue weighted by molar-refractivity contribution is 6.22. The number of benzene rings is 3. The van der Waals surface area contributed by atoms with Gasteiger partial charge in [0, 0.05) is 17.0 Å². The minimum Gasteiger partial charge on any atom is -0.494 e. The van der Waals surface area contributed by atoms with Gasteiger partial charge in [0.25, 0.3) is 0 Å². The number of H-pyrrole nitrogens is 1. The number of nitrogens with one attached hydrogen (secondary N) is 1. The van der Waals surface area contributed by atoms with Crippen molar-refractivity contribution < 1.29 is 19.4 Å². The maximum Gasteiger partial charge on any atom is 0.199 e. The number of carbonyl (C=O) groups is 1. The molecule has 0 spiro atoms. The number of nitrogens with zero attached hydrogens (tertiary/aromatic N) is 1. The molecule has 7 nitrogen and oxygen atoms in total. The number of Topliss-reactive ketones (excluding diaryl/α,β-unsaturated/α-hetero) is 1. The predicted octanol–water partition coefficient (Wildman–Crippen LogP) is 5.43. The van der Waals surface area contributed by atoms with Crippen LogP contribution in [0.5, 0.6) is 17.4 Å². The Morgan fingerprint density at radius 1 is 1.00 bits per heavy atom. The zero-order valence-corrected chi connectivity index (χ0v) is 20.0. The Hall–Kier alpha value is -4.10. The molecule has 1 aromatic heterocycles. The van der Waals surface area contributed by atoms with Gasteiger partial charge in [-0.25, -0.2) is 4.99 Å². The predicted molar refractivity (Wildman–Crippen MR) is 138 cm³/mol. The number of aliphatic imine (C=N–C) groups is 1. The van der Waals surface area contributed by atoms with E-state index in [1.165, 1.54) is 6.92 Å². The molecule has 4 N–H and O–H groups in total. The second kappa shape index (κ2) is 10.4. The van der Waals surface area contributed by atoms with E-state index >= 15 is 0 Å². The van der Waals surface area contributed by atoms with Gasteiger partial charge in [-0.15, -0.1) is 0 Å². The van der Waals surface area contributed by atoms with Crippen LogP contribution in [0.25, 0.3) is 10.9 Å². The van der Waals surface area contributed by atoms with E-state index in [1.54, 1.807) is 12.1 Å². The molecule has 1 atom stereocenters. The van der Waals surface area contributed by atoms with Crippen molar-refractivity contribution in [1.29, 1.82) is 0 Å². The fourth-order valence-electron chi connectivity index (χ4n) is 3.94. The van der Waals surface area contributed by atoms with Gasteiger partial charge >= 0.3 is 0 Å². The van der Waals surface area contributed by atoms with Gasteiger partial charge in [0.05, 0.1) is 41.7 Å². The van der Waals surface area contributed by atoms with Gasteiger partial charge in [-0.1, -0.05) is 42.5 Å². The van der Waals surface area contributed by atoms with Gasteiger partial charge in [0.15, 0.2) is 23.2 Å². The summed E-state index contributed by atoms with van der Waals surface area (Å²) in [5.74, 6) is 1.09. The summed E-state index contributed by atoms with van der Waals surface area (Å²) >= 11 is 0. The molecule has 0 saturated heterocycles. The number of hydrogen-bond acceptors (Lipinski definition) is 6. The largest absolute Gasteiger partial charge is 0.494 e. The third kappa shape index (κ3) is 5.05. The maximum atomic E-state index is 11.6. The molecule has 0 aliphatic carbocycles. The SMILES string of the molecule is CCOc1cc2[nH]c(O)c(C(=Nc3ccc(C(N)C(C)=O)cc3)c3ccccc3)c2cc1OCC. The number of aromatic nitrogens is 1. The van der Waals surface area contributed by atoms with Crippen LogP contribution in [0, 0.1) is 0 Å². The highest BCUT2D eigenvalue weighted by Gasteiger charge is 2.21. The summed E-state index contributed by atoms with van der Waals surface area (Å²) in [5.41, 5.74) is 10.0. The number of aromatic hydroxyl groups is 1. The summed E-state index contributed by atoms with van der Waals surface area (Å²) < 4.78 is 11.6. The number of rotatable bonds is 9. The third-order valence-corrected chi connectivity index (χ3v) is 5.66. The van der Waals surface area contributed by atoms with E-state index in [1.807, 2.05) is 68.4 Å². The average Bonchev–Trinajstić information content (AvgIpc) is 3.17. The van der Waals surface area contributed by atoms with Crippen LogP contribution in [0.2, 0.25) is 0 Å². The summed E-state index contributed by atoms with van der Waals surface area (Å²) in [6, 6.07) is 19.9. The van der Waals surface area contributed by atoms with Gasteiger partial charge in [-0.3, -0.25) is 4.79 Å². The number of fused-ring (bicyclic) bond motifs is 1. The van der Waals surface area contributed by atoms with Crippen LogP contribution in [0.3, 0.4) is 0 Å². The molecule has 4 aromatic rings. The van der Waals surface area contributed by atoms with Gasteiger partial charge < -0.3 is 25.3 Å². The highest BCUT2D eigenvalue weighted by Crippen LogP contribution is 2.38. The molecule has 35 heavy (non-hydrogen) atoms. The molecule has 7 heteroatoms. The Balaban J connectivity index is 1.89. The fraction of sp³-hybridized carbons (Fsp3) is 0.214. The van der Waals surface area contributed by atoms with Crippen molar-refractivity contribution in [2.24, 2.45) is 10.7 Å². The molecule has 3 aromatic carbocycles. The molecule has 0 radical (unpaired) electrons. The maximum absolute atomic E-state index is 11.6. The molecule has 0 fully saturated rings. The first-order chi connectivity index (χ1) is 16.9. The third-order valence-electron chi connectivity index (χ3n) is 5.66. The zero-order valence-electron chi connectivity index (χ0n) is 20.0. The number of ketones is 1. The van der Waals surface area contributed by atoms with E-state index < -0.39 is 6.04 Å². The van der Waals surface area contributed by atoms with Crippen LogP contribution in [0.1, 0.15) is 43.5 Å². The van der Waals surface area contributed by atoms with Crippen molar-refractivity contribution in [3.8, 4) is 17.4 Å². The molecule has 0 saturated carbocycles. The second-order valence-electron chi connectivity index (χ2n) is 8.07. The summed E-state index contributed by atoms with van der Waals surface area (Å²) in [5, 5.41) is 11.7. The van der Waals surface area contributed by atoms with Crippen LogP contribution in [0.4, 0.5) is 5.69 Å². The van der Waals surface area contributed by atoms with E-state index in [-0.39, 0.29) is 11.7 Å². The van der Waals surface area contributed by atoms with Crippen LogP contribution in [-0.4, -0.2) is 34.8 Å². The first-order valence-electron chi connectivity index (χ1n) is 11.6. The standard InChI is InChI=1S/C28H29N3O4/c1-4-34-23-15-21-22(16-24(23)35-5-2)31-28(33)25(21)27(19-9-7-6-8-10-19)30-20-13-11-18(12-14-20)26(29)17(3)32/h6-16,26,31,33H,4-5,29H2,1-3H3. The molecule has 4 rings (SSSR count). The summed E-state index contributed by atoms with van der Waals surface area (Å²) in [4.78, 5) is 19.6. The van der Waals surface area contributed by atoms with Gasteiger partial charge in [0.1, 0.15) is 0 Å². The van der Waals surface area contributed by atoms with Crippen molar-refractivity contribution in [3.63, 3.8) is 0 Å². The number of carbonyl (C=O) groups excluding carboxylic acids is 1. The molecule has 1 unspecified atom stereocenters. The minimum absolute atomic E-state index is 0.00563. The number of nitrogens with two attached hydrogens (primary N) is 1. The normalized spacial score (nSPS) is 12.5. The van der Waals surface area contributed by atoms with Crippen molar-refractivity contribution in [2.45, 2.75) is 26.8 Å². The molecular formula is C28H29N3O4. The lowest BCUT2D eigenvalue weighted by atomic mass is 10.00. The summed E-state index contributed by atoms with van der Waals surface area (Å²) in [6.07, 6.45) is 0. The average molecular weight is 472 g/mol. The lowest BCUT2D eigenvalue weighted by Crippen LogP contribution is -2.18. The van der Waals surface area contributed by atoms with Crippen LogP contribution >= 0.6 is 0 Å². The van der Waals surface area contributed by atoms with E-state index in [4.69, 9.17) is 20.2 Å². The number of hydrogen-bond donors (Lipinski definition) is 3. The van der Waals surface area contributed by atoms with Crippen molar-refractivity contribution in [1.82, 2.24) is 4.98 Å². The first kappa shape index (κ1) is 24.0. The summed E-state index contributed by atoms with van der Waals surface area (Å²) in [7, 11) is 0. The molecule has 0 bridgehead atoms. The van der Waals surface area contributed by atoms with E-state index in [2.05, 4.69) is 4.98 Å². The Morgan fingerprint density at radius 2 is 1.63 bits per heavy atom. The van der Waals surface area contributed by atoms with Gasteiger partial charge in [-0.05, 0) is 44.5 Å². The fourth-order valence-corrected chi connectivity index (χ4v) is 3.94. The number of ether oxygens (including phenoxy) is 2. The monoisotopic (exact) mass is 471 g/mol. The van der Waals surface area contributed by atoms with Gasteiger partial charge in [-0.2, -0.15) is 0 Å². The highest BCUT2D eigenvalue weighted by atomic mass is 16.5. The van der Waals surface area contributed by atoms with E-state index in [9.17, 15) is 9.90 Å². The van der Waals surface area contributed by atoms with Crippen molar-refractivity contribution in [3.05, 3.63) is 83.4 Å². The second-order valence-corrected chi connectivity index (χ2v) is 8.07. The minimum atomic E-state index is -0.671.